The molecule has 0 spiro atoms. The summed E-state index contributed by atoms with van der Waals surface area (Å²) >= 11 is 1.41. The molecule has 0 aliphatic carbocycles. The molecule has 0 bridgehead atoms. The molecular formula is C15H18N2O4S. The summed E-state index contributed by atoms with van der Waals surface area (Å²) in [6.45, 7) is 5.19. The van der Waals surface area contributed by atoms with E-state index in [9.17, 15) is 14.4 Å². The lowest BCUT2D eigenvalue weighted by Crippen LogP contribution is -2.42. The zero-order valence-electron chi connectivity index (χ0n) is 12.7. The van der Waals surface area contributed by atoms with Gasteiger partial charge in [0.05, 0.1) is 17.0 Å². The number of nitrogens with one attached hydrogen (secondary N) is 2. The minimum atomic E-state index is -0.600. The average molecular weight is 322 g/mol. The molecule has 118 valence electrons. The number of esters is 1. The van der Waals surface area contributed by atoms with Crippen LogP contribution in [-0.2, 0) is 14.3 Å². The lowest BCUT2D eigenvalue weighted by Gasteiger charge is -2.20. The quantitative estimate of drug-likeness (QED) is 0.829. The topological polar surface area (TPSA) is 84.5 Å². The fourth-order valence-corrected chi connectivity index (χ4v) is 2.67. The maximum Gasteiger partial charge on any atom is 0.338 e. The molecule has 2 amide bonds. The van der Waals surface area contributed by atoms with Crippen LogP contribution in [-0.4, -0.2) is 35.7 Å². The van der Waals surface area contributed by atoms with Crippen molar-refractivity contribution in [2.45, 2.75) is 31.2 Å². The standard InChI is InChI=1S/C15H18N2O4S/c1-15(2,3)17-12(18)7-21-14(20)9-4-5-11-10(6-9)16-13(19)8-22-11/h4-6H,7-8H2,1-3H3,(H,16,19)(H,17,18). The van der Waals surface area contributed by atoms with E-state index in [0.29, 0.717) is 17.0 Å². The van der Waals surface area contributed by atoms with Crippen LogP contribution in [0.3, 0.4) is 0 Å². The van der Waals surface area contributed by atoms with Gasteiger partial charge in [-0.1, -0.05) is 0 Å². The summed E-state index contributed by atoms with van der Waals surface area (Å²) in [5.74, 6) is -0.698. The molecule has 0 saturated carbocycles. The highest BCUT2D eigenvalue weighted by molar-refractivity contribution is 8.00. The molecule has 1 aromatic carbocycles. The Morgan fingerprint density at radius 3 is 2.77 bits per heavy atom. The van der Waals surface area contributed by atoms with Gasteiger partial charge in [0.25, 0.3) is 5.91 Å². The third-order valence-corrected chi connectivity index (χ3v) is 3.77. The number of benzene rings is 1. The van der Waals surface area contributed by atoms with Gasteiger partial charge in [-0.05, 0) is 39.0 Å². The van der Waals surface area contributed by atoms with E-state index in [0.717, 1.165) is 4.90 Å². The van der Waals surface area contributed by atoms with Gasteiger partial charge in [0.15, 0.2) is 6.61 Å². The van der Waals surface area contributed by atoms with Crippen LogP contribution in [0.1, 0.15) is 31.1 Å². The van der Waals surface area contributed by atoms with Crippen molar-refractivity contribution in [3.8, 4) is 0 Å². The van der Waals surface area contributed by atoms with Crippen LogP contribution >= 0.6 is 11.8 Å². The van der Waals surface area contributed by atoms with E-state index in [2.05, 4.69) is 10.6 Å². The number of carbonyl (C=O) groups excluding carboxylic acids is 3. The lowest BCUT2D eigenvalue weighted by atomic mass is 10.1. The number of hydrogen-bond donors (Lipinski definition) is 2. The number of ether oxygens (including phenoxy) is 1. The smallest absolute Gasteiger partial charge is 0.338 e. The minimum absolute atomic E-state index is 0.104. The first-order valence-electron chi connectivity index (χ1n) is 6.79. The summed E-state index contributed by atoms with van der Waals surface area (Å²) in [4.78, 5) is 35.8. The van der Waals surface area contributed by atoms with Gasteiger partial charge in [-0.15, -0.1) is 11.8 Å². The molecule has 0 saturated heterocycles. The van der Waals surface area contributed by atoms with E-state index in [1.807, 2.05) is 20.8 Å². The number of carbonyl (C=O) groups is 3. The summed E-state index contributed by atoms with van der Waals surface area (Å²) in [5, 5.41) is 5.41. The van der Waals surface area contributed by atoms with Crippen molar-refractivity contribution in [1.29, 1.82) is 0 Å². The van der Waals surface area contributed by atoms with Crippen LogP contribution in [0.25, 0.3) is 0 Å². The summed E-state index contributed by atoms with van der Waals surface area (Å²) in [7, 11) is 0. The Labute approximate surface area is 133 Å². The third kappa shape index (κ3) is 4.49. The molecular weight excluding hydrogens is 304 g/mol. The second-order valence-corrected chi connectivity index (χ2v) is 6.94. The van der Waals surface area contributed by atoms with Crippen LogP contribution in [0.2, 0.25) is 0 Å². The Hall–Kier alpha value is -2.02. The van der Waals surface area contributed by atoms with Crippen molar-refractivity contribution >= 4 is 35.2 Å². The zero-order chi connectivity index (χ0) is 16.3. The van der Waals surface area contributed by atoms with Crippen LogP contribution in [0.15, 0.2) is 23.1 Å². The molecule has 0 aromatic heterocycles. The average Bonchev–Trinajstić information content (AvgIpc) is 2.42. The van der Waals surface area contributed by atoms with Gasteiger partial charge in [-0.2, -0.15) is 0 Å². The predicted molar refractivity (Wildman–Crippen MR) is 84.0 cm³/mol. The molecule has 22 heavy (non-hydrogen) atoms. The van der Waals surface area contributed by atoms with Gasteiger partial charge in [0.2, 0.25) is 5.91 Å². The molecule has 1 heterocycles. The fourth-order valence-electron chi connectivity index (χ4n) is 1.88. The van der Waals surface area contributed by atoms with Crippen molar-refractivity contribution in [3.05, 3.63) is 23.8 Å². The number of thioether (sulfide) groups is 1. The minimum Gasteiger partial charge on any atom is -0.452 e. The van der Waals surface area contributed by atoms with Crippen molar-refractivity contribution in [1.82, 2.24) is 5.32 Å². The van der Waals surface area contributed by atoms with Gasteiger partial charge in [0, 0.05) is 10.4 Å². The van der Waals surface area contributed by atoms with E-state index in [-0.39, 0.29) is 24.0 Å². The first-order chi connectivity index (χ1) is 10.2. The molecule has 0 fully saturated rings. The van der Waals surface area contributed by atoms with E-state index >= 15 is 0 Å². The van der Waals surface area contributed by atoms with Crippen LogP contribution in [0.4, 0.5) is 5.69 Å². The molecule has 1 aliphatic heterocycles. The van der Waals surface area contributed by atoms with E-state index < -0.39 is 5.97 Å². The molecule has 2 rings (SSSR count). The van der Waals surface area contributed by atoms with Gasteiger partial charge >= 0.3 is 5.97 Å². The highest BCUT2D eigenvalue weighted by Crippen LogP contribution is 2.32. The Kier molecular flexibility index (Phi) is 4.75. The second kappa shape index (κ2) is 6.39. The van der Waals surface area contributed by atoms with Gasteiger partial charge in [-0.3, -0.25) is 9.59 Å². The van der Waals surface area contributed by atoms with E-state index in [4.69, 9.17) is 4.74 Å². The molecule has 1 aliphatic rings. The van der Waals surface area contributed by atoms with Gasteiger partial charge < -0.3 is 15.4 Å². The summed E-state index contributed by atoms with van der Waals surface area (Å²) in [6, 6.07) is 4.93. The molecule has 2 N–H and O–H groups in total. The monoisotopic (exact) mass is 322 g/mol. The molecule has 6 nitrogen and oxygen atoms in total. The van der Waals surface area contributed by atoms with E-state index in [1.54, 1.807) is 18.2 Å². The maximum absolute atomic E-state index is 12.0. The molecule has 0 unspecified atom stereocenters. The number of amides is 2. The van der Waals surface area contributed by atoms with Crippen molar-refractivity contribution in [3.63, 3.8) is 0 Å². The van der Waals surface area contributed by atoms with E-state index in [1.165, 1.54) is 11.8 Å². The summed E-state index contributed by atoms with van der Waals surface area (Å²) in [5.41, 5.74) is 0.511. The van der Waals surface area contributed by atoms with Crippen LogP contribution in [0, 0.1) is 0 Å². The number of rotatable bonds is 3. The van der Waals surface area contributed by atoms with Gasteiger partial charge in [-0.25, -0.2) is 4.79 Å². The fraction of sp³-hybridized carbons (Fsp3) is 0.400. The van der Waals surface area contributed by atoms with Gasteiger partial charge in [0.1, 0.15) is 0 Å². The first-order valence-corrected chi connectivity index (χ1v) is 7.78. The predicted octanol–water partition coefficient (Wildman–Crippen LogP) is 1.80. The first kappa shape index (κ1) is 16.4. The molecule has 0 radical (unpaired) electrons. The highest BCUT2D eigenvalue weighted by Gasteiger charge is 2.19. The van der Waals surface area contributed by atoms with Crippen molar-refractivity contribution < 1.29 is 19.1 Å². The summed E-state index contributed by atoms with van der Waals surface area (Å²) < 4.78 is 4.98. The van der Waals surface area contributed by atoms with Crippen molar-refractivity contribution in [2.24, 2.45) is 0 Å². The largest absolute Gasteiger partial charge is 0.452 e. The third-order valence-electron chi connectivity index (χ3n) is 2.70. The Bertz CT molecular complexity index is 622. The van der Waals surface area contributed by atoms with Crippen LogP contribution in [0.5, 0.6) is 0 Å². The Balaban J connectivity index is 1.97. The molecule has 0 atom stereocenters. The zero-order valence-corrected chi connectivity index (χ0v) is 13.5. The molecule has 7 heteroatoms. The second-order valence-electron chi connectivity index (χ2n) is 5.92. The Morgan fingerprint density at radius 2 is 2.09 bits per heavy atom. The highest BCUT2D eigenvalue weighted by atomic mass is 32.2. The number of fused-ring (bicyclic) bond motifs is 1. The molecule has 1 aromatic rings. The normalized spacial score (nSPS) is 13.9. The van der Waals surface area contributed by atoms with Crippen molar-refractivity contribution in [2.75, 3.05) is 17.7 Å². The van der Waals surface area contributed by atoms with Crippen LogP contribution < -0.4 is 10.6 Å². The summed E-state index contributed by atoms with van der Waals surface area (Å²) in [6.07, 6.45) is 0. The number of anilines is 1. The number of hydrogen-bond acceptors (Lipinski definition) is 5. The maximum atomic E-state index is 12.0. The Morgan fingerprint density at radius 1 is 1.36 bits per heavy atom. The SMILES string of the molecule is CC(C)(C)NC(=O)COC(=O)c1ccc2c(c1)NC(=O)CS2. The lowest BCUT2D eigenvalue weighted by molar-refractivity contribution is -0.125.